The Hall–Kier alpha value is -3.81. The summed E-state index contributed by atoms with van der Waals surface area (Å²) in [5.74, 6) is -1.38. The van der Waals surface area contributed by atoms with E-state index >= 15 is 0 Å². The number of nitrogens with one attached hydrogen (secondary N) is 2. The lowest BCUT2D eigenvalue weighted by atomic mass is 10.1. The lowest BCUT2D eigenvalue weighted by molar-refractivity contribution is 0.515. The summed E-state index contributed by atoms with van der Waals surface area (Å²) in [7, 11) is 0. The molecular formula is C22H17F2N5O. The maximum Gasteiger partial charge on any atom is 0.248 e. The zero-order valence-electron chi connectivity index (χ0n) is 16.0. The highest BCUT2D eigenvalue weighted by Crippen LogP contribution is 2.30. The summed E-state index contributed by atoms with van der Waals surface area (Å²) in [6.45, 7) is 2.95. The van der Waals surface area contributed by atoms with E-state index in [1.165, 1.54) is 12.1 Å². The van der Waals surface area contributed by atoms with Crippen LogP contribution in [-0.2, 0) is 6.54 Å². The fraction of sp³-hybridized carbons (Fsp3) is 0.136. The first-order valence-electron chi connectivity index (χ1n) is 9.54. The molecule has 2 N–H and O–H groups in total. The van der Waals surface area contributed by atoms with Crippen molar-refractivity contribution in [2.75, 3.05) is 11.9 Å². The van der Waals surface area contributed by atoms with E-state index in [0.717, 1.165) is 23.9 Å². The number of benzene rings is 1. The normalized spacial score (nSPS) is 13.0. The van der Waals surface area contributed by atoms with Gasteiger partial charge in [0.15, 0.2) is 17.3 Å². The number of hydrogen-bond acceptors (Lipinski definition) is 4. The lowest BCUT2D eigenvalue weighted by Crippen LogP contribution is -2.12. The van der Waals surface area contributed by atoms with E-state index in [0.29, 0.717) is 27.9 Å². The molecule has 5 rings (SSSR count). The van der Waals surface area contributed by atoms with Crippen molar-refractivity contribution in [3.05, 3.63) is 82.1 Å². The number of rotatable bonds is 5. The summed E-state index contributed by atoms with van der Waals surface area (Å²) in [5.41, 5.74) is 3.04. The fourth-order valence-electron chi connectivity index (χ4n) is 3.70. The molecule has 0 spiro atoms. The predicted molar refractivity (Wildman–Crippen MR) is 112 cm³/mol. The van der Waals surface area contributed by atoms with Crippen molar-refractivity contribution in [2.24, 2.45) is 0 Å². The van der Waals surface area contributed by atoms with E-state index in [1.54, 1.807) is 6.20 Å². The topological polar surface area (TPSA) is 75.6 Å². The molecule has 30 heavy (non-hydrogen) atoms. The first kappa shape index (κ1) is 18.2. The molecule has 0 amide bonds. The second kappa shape index (κ2) is 6.91. The van der Waals surface area contributed by atoms with Gasteiger partial charge in [-0.1, -0.05) is 18.2 Å². The van der Waals surface area contributed by atoms with Crippen LogP contribution in [0.4, 0.5) is 14.5 Å². The molecule has 1 aromatic carbocycles. The van der Waals surface area contributed by atoms with Gasteiger partial charge in [0.2, 0.25) is 5.56 Å². The minimum atomic E-state index is -1.07. The molecule has 3 aromatic heterocycles. The second-order valence-electron chi connectivity index (χ2n) is 7.01. The van der Waals surface area contributed by atoms with Crippen molar-refractivity contribution in [1.82, 2.24) is 19.5 Å². The quantitative estimate of drug-likeness (QED) is 0.527. The van der Waals surface area contributed by atoms with Crippen LogP contribution < -0.4 is 10.9 Å². The molecule has 0 unspecified atom stereocenters. The van der Waals surface area contributed by atoms with Crippen molar-refractivity contribution in [3.63, 3.8) is 0 Å². The van der Waals surface area contributed by atoms with Crippen molar-refractivity contribution in [1.29, 1.82) is 0 Å². The van der Waals surface area contributed by atoms with Gasteiger partial charge in [0, 0.05) is 29.8 Å². The van der Waals surface area contributed by atoms with Gasteiger partial charge in [0.25, 0.3) is 0 Å². The highest BCUT2D eigenvalue weighted by molar-refractivity contribution is 5.90. The number of pyridine rings is 2. The van der Waals surface area contributed by atoms with Crippen LogP contribution in [-0.4, -0.2) is 26.1 Å². The minimum Gasteiger partial charge on any atom is -0.383 e. The molecule has 6 nitrogen and oxygen atoms in total. The first-order valence-corrected chi connectivity index (χ1v) is 9.54. The Morgan fingerprint density at radius 2 is 2.07 bits per heavy atom. The van der Waals surface area contributed by atoms with Crippen LogP contribution in [0.15, 0.2) is 53.5 Å². The van der Waals surface area contributed by atoms with Crippen LogP contribution in [0.5, 0.6) is 0 Å². The standard InChI is InChI=1S/C22H17F2N5O/c1-2-25-16-8-9-26-22-20(16)28-21(12-4-3-5-12)29(22)11-13-10-17(30)27-19-14(13)6-7-15(23)18(19)24/h3-10H,2,11H2,1H3,(H,25,26)(H,27,30). The molecule has 4 aromatic rings. The van der Waals surface area contributed by atoms with E-state index in [2.05, 4.69) is 15.3 Å². The van der Waals surface area contributed by atoms with Crippen LogP contribution in [0.3, 0.4) is 0 Å². The predicted octanol–water partition coefficient (Wildman–Crippen LogP) is 3.98. The van der Waals surface area contributed by atoms with Gasteiger partial charge in [-0.15, -0.1) is 0 Å². The van der Waals surface area contributed by atoms with Crippen LogP contribution in [0.2, 0.25) is 0 Å². The largest absolute Gasteiger partial charge is 0.383 e. The van der Waals surface area contributed by atoms with Crippen molar-refractivity contribution in [3.8, 4) is 0 Å². The van der Waals surface area contributed by atoms with Crippen LogP contribution >= 0.6 is 0 Å². The average molecular weight is 405 g/mol. The maximum atomic E-state index is 14.3. The molecule has 0 bridgehead atoms. The number of aromatic nitrogens is 4. The number of H-pyrrole nitrogens is 1. The number of imidazole rings is 1. The number of hydrogen-bond donors (Lipinski definition) is 2. The molecule has 1 aliphatic rings. The van der Waals surface area contributed by atoms with Crippen LogP contribution in [0.25, 0.3) is 27.6 Å². The highest BCUT2D eigenvalue weighted by Gasteiger charge is 2.20. The zero-order valence-corrected chi connectivity index (χ0v) is 16.0. The van der Waals surface area contributed by atoms with Gasteiger partial charge in [-0.05, 0) is 30.7 Å². The molecule has 0 radical (unpaired) electrons. The molecule has 0 saturated carbocycles. The number of allylic oxidation sites excluding steroid dienone is 4. The third kappa shape index (κ3) is 2.80. The van der Waals surface area contributed by atoms with Gasteiger partial charge >= 0.3 is 0 Å². The third-order valence-electron chi connectivity index (χ3n) is 5.13. The van der Waals surface area contributed by atoms with Gasteiger partial charge in [-0.25, -0.2) is 18.7 Å². The Kier molecular flexibility index (Phi) is 4.20. The molecule has 0 aliphatic heterocycles. The number of aromatic amines is 1. The van der Waals surface area contributed by atoms with E-state index in [9.17, 15) is 13.6 Å². The van der Waals surface area contributed by atoms with E-state index < -0.39 is 17.2 Å². The number of nitrogens with zero attached hydrogens (tertiary/aromatic N) is 3. The van der Waals surface area contributed by atoms with Crippen molar-refractivity contribution in [2.45, 2.75) is 13.5 Å². The Bertz CT molecular complexity index is 1430. The van der Waals surface area contributed by atoms with Gasteiger partial charge in [0.1, 0.15) is 11.3 Å². The second-order valence-corrected chi connectivity index (χ2v) is 7.01. The monoisotopic (exact) mass is 405 g/mol. The van der Waals surface area contributed by atoms with Crippen LogP contribution in [0.1, 0.15) is 18.3 Å². The molecule has 0 fully saturated rings. The average Bonchev–Trinajstić information content (AvgIpc) is 3.03. The highest BCUT2D eigenvalue weighted by atomic mass is 19.2. The van der Waals surface area contributed by atoms with Gasteiger partial charge in [0.05, 0.1) is 17.7 Å². The Morgan fingerprint density at radius 1 is 1.23 bits per heavy atom. The molecule has 3 heterocycles. The summed E-state index contributed by atoms with van der Waals surface area (Å²) in [5, 5.41) is 3.72. The first-order chi connectivity index (χ1) is 14.6. The summed E-state index contributed by atoms with van der Waals surface area (Å²) < 4.78 is 29.9. The molecule has 0 atom stereocenters. The molecule has 0 saturated heterocycles. The summed E-state index contributed by atoms with van der Waals surface area (Å²) in [6.07, 6.45) is 7.49. The van der Waals surface area contributed by atoms with Gasteiger partial charge < -0.3 is 14.9 Å². The Labute approximate surface area is 169 Å². The zero-order chi connectivity index (χ0) is 20.8. The molecule has 8 heteroatoms. The summed E-state index contributed by atoms with van der Waals surface area (Å²) in [6, 6.07) is 5.79. The lowest BCUT2D eigenvalue weighted by Gasteiger charge is -2.13. The SMILES string of the molecule is CCNc1ccnc2c1nc(C1=CC=C1)n2Cc1cc(=O)[nH]c2c(F)c(F)ccc12. The summed E-state index contributed by atoms with van der Waals surface area (Å²) >= 11 is 0. The summed E-state index contributed by atoms with van der Waals surface area (Å²) in [4.78, 5) is 23.9. The van der Waals surface area contributed by atoms with E-state index in [-0.39, 0.29) is 12.1 Å². The van der Waals surface area contributed by atoms with Gasteiger partial charge in [-0.3, -0.25) is 4.79 Å². The van der Waals surface area contributed by atoms with Crippen molar-refractivity contribution >= 4 is 33.3 Å². The Morgan fingerprint density at radius 3 is 2.80 bits per heavy atom. The fourth-order valence-corrected chi connectivity index (χ4v) is 3.70. The van der Waals surface area contributed by atoms with E-state index in [4.69, 9.17) is 4.98 Å². The smallest absolute Gasteiger partial charge is 0.248 e. The number of fused-ring (bicyclic) bond motifs is 2. The van der Waals surface area contributed by atoms with Crippen molar-refractivity contribution < 1.29 is 8.78 Å². The number of halogens is 2. The maximum absolute atomic E-state index is 14.3. The van der Waals surface area contributed by atoms with Crippen LogP contribution in [0, 0.1) is 11.6 Å². The van der Waals surface area contributed by atoms with Gasteiger partial charge in [-0.2, -0.15) is 0 Å². The molecule has 1 aliphatic carbocycles. The molecule has 150 valence electrons. The molecular weight excluding hydrogens is 388 g/mol. The van der Waals surface area contributed by atoms with E-state index in [1.807, 2.05) is 35.8 Å². The Balaban J connectivity index is 1.74. The number of anilines is 1. The minimum absolute atomic E-state index is 0.146. The third-order valence-corrected chi connectivity index (χ3v) is 5.13.